The first-order valence-electron chi connectivity index (χ1n) is 27.1. The number of aliphatic hydroxyl groups is 1. The SMILES string of the molecule is CCN(C(=O)c1cccc(F)c1-c1ncccn1)[C@@H](C)CN.CCN(C(=O)c1cccc(F)c1-c1ncccn1)[C@@H](C)CN=[N+]=[N-].CCN(C(=O)c1cccc(F)c1-c1ncccn1)[C@@H](C)CO.N=[N+]=NP(=O)(Oc1ccccc1)Oc1ccccc1.[CH3-]. The number of likely N-dealkylation sites (N-methyl/N-ethyl adjacent to an activating group) is 3. The standard InChI is InChI=1S/C16H17FN6O.C16H19FN4O.C16H18FN3O2.C12H11N3O3P.CH3/c1-3-23(11(2)10-21-22-18)16(24)12-6-4-7-13(17)14(12)15-19-8-5-9-20-15;1-3-21(11(2)10-18)16(22)12-6-4-7-13(17)14(12)15-19-8-5-9-20-15;1-3-20(11(2)10-21)16(22)12-6-4-7-13(17)14(12)15-18-8-5-9-19-15;13-14-15-19(16,17-11-7-3-1-4-8-11)18-12-9-5-2-6-10-12;/h4-9,11H,3,10H2,1-2H3;4-9,11H,3,10,18H2,1-2H3;4-9,11,21H,3,10H2,1-2H3;1-10,13H;1H3/q;;;+1;-1/t3*11-;;/m000../s1. The lowest BCUT2D eigenvalue weighted by atomic mass is 10.0. The largest absolute Gasteiger partial charge is 0.640 e. The highest BCUT2D eigenvalue weighted by Crippen LogP contribution is 2.49. The molecule has 3 amide bonds. The fourth-order valence-electron chi connectivity index (χ4n) is 8.32. The highest BCUT2D eigenvalue weighted by molar-refractivity contribution is 7.52. The van der Waals surface area contributed by atoms with E-state index in [0.29, 0.717) is 37.7 Å². The third kappa shape index (κ3) is 19.5. The molecule has 0 radical (unpaired) electrons. The van der Waals surface area contributed by atoms with E-state index < -0.39 is 25.2 Å². The molecule has 3 aromatic heterocycles. The van der Waals surface area contributed by atoms with Gasteiger partial charge in [0.05, 0.1) is 46.0 Å². The number of halogens is 3. The summed E-state index contributed by atoms with van der Waals surface area (Å²) >= 11 is 0. The zero-order valence-corrected chi connectivity index (χ0v) is 50.4. The maximum absolute atomic E-state index is 14.3. The molecular formula is C61H68F3N16O7P. The summed E-state index contributed by atoms with van der Waals surface area (Å²) in [5.74, 6) is -1.46. The second-order valence-corrected chi connectivity index (χ2v) is 19.8. The number of azide groups is 1. The van der Waals surface area contributed by atoms with Crippen LogP contribution in [0.15, 0.2) is 181 Å². The molecule has 0 aliphatic carbocycles. The first-order valence-corrected chi connectivity index (χ1v) is 28.6. The molecule has 0 fully saturated rings. The van der Waals surface area contributed by atoms with Gasteiger partial charge in [-0.25, -0.2) is 47.6 Å². The molecule has 3 heterocycles. The smallest absolute Gasteiger partial charge is 0.395 e. The summed E-state index contributed by atoms with van der Waals surface area (Å²) in [6, 6.07) is 34.0. The molecule has 460 valence electrons. The number of rotatable bonds is 21. The molecule has 0 spiro atoms. The van der Waals surface area contributed by atoms with Crippen LogP contribution in [-0.2, 0) is 4.57 Å². The Kier molecular flexibility index (Phi) is 28.8. The van der Waals surface area contributed by atoms with E-state index in [1.54, 1.807) is 116 Å². The van der Waals surface area contributed by atoms with Crippen molar-refractivity contribution in [2.24, 2.45) is 15.7 Å². The number of nitrogens with one attached hydrogen (secondary N) is 1. The van der Waals surface area contributed by atoms with E-state index in [1.165, 1.54) is 83.4 Å². The number of benzene rings is 5. The number of hydrogen-bond acceptors (Lipinski definition) is 16. The monoisotopic (exact) mass is 1220 g/mol. The van der Waals surface area contributed by atoms with Crippen molar-refractivity contribution in [3.8, 4) is 45.7 Å². The summed E-state index contributed by atoms with van der Waals surface area (Å²) in [6.45, 7) is 12.5. The molecule has 0 saturated carbocycles. The van der Waals surface area contributed by atoms with E-state index in [2.05, 4.69) is 49.7 Å². The molecule has 8 rings (SSSR count). The van der Waals surface area contributed by atoms with E-state index in [-0.39, 0.29) is 107 Å². The van der Waals surface area contributed by atoms with Crippen molar-refractivity contribution >= 4 is 25.5 Å². The normalized spacial score (nSPS) is 11.4. The molecule has 88 heavy (non-hydrogen) atoms. The Morgan fingerprint density at radius 1 is 0.568 bits per heavy atom. The molecule has 0 aliphatic heterocycles. The van der Waals surface area contributed by atoms with Gasteiger partial charge in [-0.05, 0) is 126 Å². The van der Waals surface area contributed by atoms with Crippen LogP contribution in [0.2, 0.25) is 0 Å². The molecule has 23 nitrogen and oxygen atoms in total. The third-order valence-corrected chi connectivity index (χ3v) is 13.8. The zero-order valence-electron chi connectivity index (χ0n) is 49.5. The Morgan fingerprint density at radius 3 is 1.19 bits per heavy atom. The average molecular weight is 1230 g/mol. The third-order valence-electron chi connectivity index (χ3n) is 12.6. The number of para-hydroxylation sites is 2. The van der Waals surface area contributed by atoms with Gasteiger partial charge in [0, 0.05) is 86.9 Å². The fraction of sp³-hybridized carbons (Fsp3) is 0.246. The van der Waals surface area contributed by atoms with Gasteiger partial charge >= 0.3 is 7.75 Å². The van der Waals surface area contributed by atoms with Gasteiger partial charge in [0.1, 0.15) is 34.5 Å². The van der Waals surface area contributed by atoms with Gasteiger partial charge in [0.2, 0.25) is 4.91 Å². The predicted molar refractivity (Wildman–Crippen MR) is 326 cm³/mol. The van der Waals surface area contributed by atoms with Crippen molar-refractivity contribution in [1.29, 1.82) is 5.53 Å². The van der Waals surface area contributed by atoms with E-state index in [1.807, 2.05) is 27.7 Å². The maximum atomic E-state index is 14.3. The number of nitrogens with zero attached hydrogens (tertiary/aromatic N) is 14. The van der Waals surface area contributed by atoms with Gasteiger partial charge in [0.15, 0.2) is 17.5 Å². The number of carbonyl (C=O) groups is 3. The van der Waals surface area contributed by atoms with Gasteiger partial charge in [-0.3, -0.25) is 14.4 Å². The van der Waals surface area contributed by atoms with Gasteiger partial charge < -0.3 is 42.0 Å². The summed E-state index contributed by atoms with van der Waals surface area (Å²) in [6.07, 6.45) is 9.01. The van der Waals surface area contributed by atoms with E-state index >= 15 is 0 Å². The summed E-state index contributed by atoms with van der Waals surface area (Å²) in [5.41, 5.74) is 21.7. The first kappa shape index (κ1) is 70.4. The maximum Gasteiger partial charge on any atom is 0.640 e. The van der Waals surface area contributed by atoms with Crippen molar-refractivity contribution in [2.45, 2.75) is 59.7 Å². The van der Waals surface area contributed by atoms with Gasteiger partial charge in [-0.15, -0.1) is 0 Å². The molecule has 0 bridgehead atoms. The Labute approximate surface area is 508 Å². The topological polar surface area (TPSA) is 319 Å². The molecule has 27 heteroatoms. The van der Waals surface area contributed by atoms with E-state index in [9.17, 15) is 37.2 Å². The molecule has 0 aliphatic rings. The predicted octanol–water partition coefficient (Wildman–Crippen LogP) is 11.9. The fourth-order valence-corrected chi connectivity index (χ4v) is 9.32. The number of carbonyl (C=O) groups excluding carboxylic acids is 3. The number of hydrogen-bond donors (Lipinski definition) is 3. The zero-order chi connectivity index (χ0) is 63.3. The molecule has 8 aromatic rings. The molecule has 0 unspecified atom stereocenters. The Hall–Kier alpha value is -10.1. The summed E-state index contributed by atoms with van der Waals surface area (Å²) in [5, 5.41) is 12.8. The van der Waals surface area contributed by atoms with Crippen LogP contribution in [0.25, 0.3) is 44.6 Å². The minimum Gasteiger partial charge on any atom is -0.395 e. The van der Waals surface area contributed by atoms with Gasteiger partial charge in [0.25, 0.3) is 22.6 Å². The molecule has 3 atom stereocenters. The Balaban J connectivity index is 0.000000251. The van der Waals surface area contributed by atoms with Crippen molar-refractivity contribution in [3.05, 3.63) is 223 Å². The molecular weight excluding hydrogens is 1160 g/mol. The highest BCUT2D eigenvalue weighted by Gasteiger charge is 2.36. The highest BCUT2D eigenvalue weighted by atomic mass is 31.2. The number of aliphatic hydroxyl groups excluding tert-OH is 1. The van der Waals surface area contributed by atoms with Crippen LogP contribution in [0.4, 0.5) is 13.2 Å². The van der Waals surface area contributed by atoms with Crippen LogP contribution >= 0.6 is 7.75 Å². The van der Waals surface area contributed by atoms with Crippen molar-refractivity contribution in [3.63, 3.8) is 0 Å². The van der Waals surface area contributed by atoms with E-state index in [4.69, 9.17) is 25.8 Å². The lowest BCUT2D eigenvalue weighted by Crippen LogP contribution is -2.42. The summed E-state index contributed by atoms with van der Waals surface area (Å²) < 4.78 is 65.6. The van der Waals surface area contributed by atoms with Gasteiger partial charge in [-0.2, -0.15) is 0 Å². The number of amides is 3. The van der Waals surface area contributed by atoms with Gasteiger partial charge in [-0.1, -0.05) is 59.7 Å². The van der Waals surface area contributed by atoms with Crippen LogP contribution in [0, 0.1) is 30.4 Å². The van der Waals surface area contributed by atoms with Crippen molar-refractivity contribution in [1.82, 2.24) is 49.5 Å². The second kappa shape index (κ2) is 36.0. The van der Waals surface area contributed by atoms with Crippen molar-refractivity contribution in [2.75, 3.05) is 39.3 Å². The Morgan fingerprint density at radius 2 is 0.898 bits per heavy atom. The lowest BCUT2D eigenvalue weighted by Gasteiger charge is -2.27. The van der Waals surface area contributed by atoms with E-state index in [0.717, 1.165) is 0 Å². The van der Waals surface area contributed by atoms with Crippen LogP contribution in [0.1, 0.15) is 72.6 Å². The number of nitrogens with two attached hydrogens (primary N) is 1. The van der Waals surface area contributed by atoms with Crippen LogP contribution in [0.3, 0.4) is 0 Å². The quantitative estimate of drug-likeness (QED) is 0.0198. The summed E-state index contributed by atoms with van der Waals surface area (Å²) in [7, 11) is -3.89. The lowest BCUT2D eigenvalue weighted by molar-refractivity contribution is 0.0632. The minimum atomic E-state index is -3.89. The molecule has 0 saturated heterocycles. The molecule has 5 aromatic carbocycles. The van der Waals surface area contributed by atoms with Crippen LogP contribution in [0.5, 0.6) is 11.5 Å². The first-order chi connectivity index (χ1) is 42.0. The number of aromatic nitrogens is 6. The second-order valence-electron chi connectivity index (χ2n) is 18.3. The minimum absolute atomic E-state index is 0. The average Bonchev–Trinajstić information content (AvgIpc) is 1.12. The van der Waals surface area contributed by atoms with Crippen LogP contribution in [-0.4, -0.2) is 125 Å². The van der Waals surface area contributed by atoms with Crippen LogP contribution < -0.4 is 19.7 Å². The Bertz CT molecular complexity index is 3480. The van der Waals surface area contributed by atoms with Crippen molar-refractivity contribution < 1.29 is 46.3 Å². The molecule has 4 N–H and O–H groups in total. The summed E-state index contributed by atoms with van der Waals surface area (Å²) in [4.78, 5) is 76.0.